The number of urea groups is 1. The summed E-state index contributed by atoms with van der Waals surface area (Å²) >= 11 is 0. The molecule has 2 unspecified atom stereocenters. The third kappa shape index (κ3) is 2.41. The summed E-state index contributed by atoms with van der Waals surface area (Å²) < 4.78 is 34.3. The first-order chi connectivity index (χ1) is 8.74. The minimum atomic E-state index is -4.81. The molecule has 0 spiro atoms. The van der Waals surface area contributed by atoms with Crippen LogP contribution in [0.1, 0.15) is 13.3 Å². The van der Waals surface area contributed by atoms with Crippen LogP contribution >= 0.6 is 0 Å². The summed E-state index contributed by atoms with van der Waals surface area (Å²) in [7, 11) is -4.81. The fraction of sp³-hybridized carbons (Fsp3) is 0.556. The molecule has 106 valence electrons. The van der Waals surface area contributed by atoms with Crippen LogP contribution < -0.4 is 5.73 Å². The lowest BCUT2D eigenvalue weighted by atomic mass is 9.97. The van der Waals surface area contributed by atoms with E-state index in [1.54, 1.807) is 13.0 Å². The molecule has 1 fully saturated rings. The van der Waals surface area contributed by atoms with Crippen molar-refractivity contribution >= 4 is 22.3 Å². The fourth-order valence-electron chi connectivity index (χ4n) is 2.33. The van der Waals surface area contributed by atoms with Gasteiger partial charge in [-0.25, -0.2) is 4.79 Å². The zero-order chi connectivity index (χ0) is 14.4. The van der Waals surface area contributed by atoms with E-state index in [4.69, 9.17) is 10.3 Å². The molecule has 2 rings (SSSR count). The van der Waals surface area contributed by atoms with Crippen molar-refractivity contribution in [2.75, 3.05) is 6.54 Å². The van der Waals surface area contributed by atoms with Crippen LogP contribution in [0, 0.1) is 0 Å². The Morgan fingerprint density at radius 3 is 2.74 bits per heavy atom. The Kier molecular flexibility index (Phi) is 3.24. The number of carbonyl (C=O) groups excluding carboxylic acids is 2. The molecule has 9 nitrogen and oxygen atoms in total. The molecule has 0 aromatic rings. The highest BCUT2D eigenvalue weighted by atomic mass is 32.3. The molecule has 19 heavy (non-hydrogen) atoms. The standard InChI is InChI=1S/C9H13N3O6S/c1-2-5-3-6-4-11(7(5)8(10)13)9(14)12(6)18-19(15,16)17/h3,6-7H,2,4H2,1H3,(H2,10,13)(H,15,16,17). The summed E-state index contributed by atoms with van der Waals surface area (Å²) in [5.74, 6) is -0.700. The Hall–Kier alpha value is -1.65. The third-order valence-electron chi connectivity index (χ3n) is 3.04. The Labute approximate surface area is 109 Å². The molecule has 2 aliphatic heterocycles. The van der Waals surface area contributed by atoms with Crippen LogP contribution in [-0.4, -0.2) is 53.5 Å². The van der Waals surface area contributed by atoms with Crippen molar-refractivity contribution in [3.8, 4) is 0 Å². The van der Waals surface area contributed by atoms with E-state index in [1.807, 2.05) is 0 Å². The topological polar surface area (TPSA) is 130 Å². The van der Waals surface area contributed by atoms with Crippen molar-refractivity contribution in [2.24, 2.45) is 5.73 Å². The van der Waals surface area contributed by atoms with E-state index in [9.17, 15) is 18.0 Å². The summed E-state index contributed by atoms with van der Waals surface area (Å²) in [5, 5.41) is 0.522. The van der Waals surface area contributed by atoms with Gasteiger partial charge in [-0.1, -0.05) is 13.0 Å². The van der Waals surface area contributed by atoms with Crippen molar-refractivity contribution in [3.63, 3.8) is 0 Å². The highest BCUT2D eigenvalue weighted by molar-refractivity contribution is 7.80. The molecule has 0 aromatic heterocycles. The highest BCUT2D eigenvalue weighted by Crippen LogP contribution is 2.31. The Balaban J connectivity index is 2.36. The second-order valence-electron chi connectivity index (χ2n) is 4.23. The van der Waals surface area contributed by atoms with E-state index in [-0.39, 0.29) is 6.54 Å². The van der Waals surface area contributed by atoms with Gasteiger partial charge < -0.3 is 10.6 Å². The molecule has 2 aliphatic rings. The lowest BCUT2D eigenvalue weighted by molar-refractivity contribution is -0.121. The van der Waals surface area contributed by atoms with Gasteiger partial charge >= 0.3 is 16.4 Å². The van der Waals surface area contributed by atoms with Crippen LogP contribution in [0.3, 0.4) is 0 Å². The molecule has 3 amide bonds. The van der Waals surface area contributed by atoms with Crippen molar-refractivity contribution in [3.05, 3.63) is 11.6 Å². The van der Waals surface area contributed by atoms with Gasteiger partial charge in [0.05, 0.1) is 12.6 Å². The minimum Gasteiger partial charge on any atom is -0.368 e. The van der Waals surface area contributed by atoms with Crippen molar-refractivity contribution in [2.45, 2.75) is 25.4 Å². The molecule has 0 aliphatic carbocycles. The van der Waals surface area contributed by atoms with Crippen LogP contribution in [0.2, 0.25) is 0 Å². The number of nitrogens with zero attached hydrogens (tertiary/aromatic N) is 2. The molecule has 0 saturated carbocycles. The summed E-state index contributed by atoms with van der Waals surface area (Å²) in [5.41, 5.74) is 5.86. The number of fused-ring (bicyclic) bond motifs is 2. The van der Waals surface area contributed by atoms with Crippen LogP contribution in [0.5, 0.6) is 0 Å². The predicted molar refractivity (Wildman–Crippen MR) is 61.7 cm³/mol. The molecule has 2 heterocycles. The van der Waals surface area contributed by atoms with Gasteiger partial charge in [0.1, 0.15) is 6.04 Å². The van der Waals surface area contributed by atoms with Gasteiger partial charge in [-0.15, -0.1) is 4.28 Å². The number of primary amides is 1. The molecule has 0 aromatic carbocycles. The van der Waals surface area contributed by atoms with Crippen LogP contribution in [0.25, 0.3) is 0 Å². The van der Waals surface area contributed by atoms with Gasteiger partial charge in [0.15, 0.2) is 0 Å². The zero-order valence-electron chi connectivity index (χ0n) is 10.0. The van der Waals surface area contributed by atoms with Gasteiger partial charge in [0.2, 0.25) is 5.91 Å². The monoisotopic (exact) mass is 291 g/mol. The minimum absolute atomic E-state index is 0.0749. The SMILES string of the molecule is CCC1=CC2CN(C(=O)N2OS(=O)(=O)O)C1C(N)=O. The number of rotatable bonds is 4. The molecule has 0 radical (unpaired) electrons. The first-order valence-electron chi connectivity index (χ1n) is 5.51. The smallest absolute Gasteiger partial charge is 0.368 e. The van der Waals surface area contributed by atoms with Gasteiger partial charge in [-0.3, -0.25) is 9.35 Å². The average Bonchev–Trinajstić information content (AvgIpc) is 2.52. The number of nitrogens with two attached hydrogens (primary N) is 1. The molecule has 10 heteroatoms. The van der Waals surface area contributed by atoms with Crippen LogP contribution in [0.4, 0.5) is 4.79 Å². The lowest BCUT2D eigenvalue weighted by Gasteiger charge is -2.28. The van der Waals surface area contributed by atoms with Gasteiger partial charge in [-0.2, -0.15) is 13.5 Å². The number of hydrogen-bond acceptors (Lipinski definition) is 5. The maximum absolute atomic E-state index is 12.0. The van der Waals surface area contributed by atoms with Crippen molar-refractivity contribution in [1.29, 1.82) is 0 Å². The van der Waals surface area contributed by atoms with E-state index in [2.05, 4.69) is 4.28 Å². The van der Waals surface area contributed by atoms with E-state index in [0.717, 1.165) is 4.90 Å². The summed E-state index contributed by atoms with van der Waals surface area (Å²) in [6.45, 7) is 1.86. The molecular weight excluding hydrogens is 278 g/mol. The van der Waals surface area contributed by atoms with Gasteiger partial charge in [0, 0.05) is 0 Å². The van der Waals surface area contributed by atoms with E-state index >= 15 is 0 Å². The second kappa shape index (κ2) is 4.47. The number of carbonyl (C=O) groups is 2. The number of amides is 3. The quantitative estimate of drug-likeness (QED) is 0.506. The number of hydroxylamine groups is 2. The highest BCUT2D eigenvalue weighted by Gasteiger charge is 2.48. The van der Waals surface area contributed by atoms with Crippen molar-refractivity contribution in [1.82, 2.24) is 9.96 Å². The zero-order valence-corrected chi connectivity index (χ0v) is 10.8. The van der Waals surface area contributed by atoms with Crippen LogP contribution in [0.15, 0.2) is 11.6 Å². The van der Waals surface area contributed by atoms with Crippen LogP contribution in [-0.2, 0) is 19.5 Å². The fourth-order valence-corrected chi connectivity index (χ4v) is 2.71. The maximum atomic E-state index is 12.0. The average molecular weight is 291 g/mol. The summed E-state index contributed by atoms with van der Waals surface area (Å²) in [6, 6.07) is -2.42. The summed E-state index contributed by atoms with van der Waals surface area (Å²) in [6.07, 6.45) is 2.04. The van der Waals surface area contributed by atoms with Gasteiger partial charge in [0.25, 0.3) is 0 Å². The van der Waals surface area contributed by atoms with E-state index < -0.39 is 34.4 Å². The van der Waals surface area contributed by atoms with E-state index in [1.165, 1.54) is 0 Å². The van der Waals surface area contributed by atoms with Crippen molar-refractivity contribution < 1.29 is 26.8 Å². The first-order valence-corrected chi connectivity index (χ1v) is 6.88. The maximum Gasteiger partial charge on any atom is 0.418 e. The number of hydrogen-bond donors (Lipinski definition) is 2. The largest absolute Gasteiger partial charge is 0.418 e. The Morgan fingerprint density at radius 1 is 1.63 bits per heavy atom. The lowest BCUT2D eigenvalue weighted by Crippen LogP contribution is -2.48. The van der Waals surface area contributed by atoms with Gasteiger partial charge in [-0.05, 0) is 12.0 Å². The molecule has 2 atom stereocenters. The normalized spacial score (nSPS) is 26.6. The second-order valence-corrected chi connectivity index (χ2v) is 5.23. The Morgan fingerprint density at radius 2 is 2.26 bits per heavy atom. The molecular formula is C9H13N3O6S. The molecule has 1 saturated heterocycles. The van der Waals surface area contributed by atoms with E-state index in [0.29, 0.717) is 17.1 Å². The molecule has 2 bridgehead atoms. The summed E-state index contributed by atoms with van der Waals surface area (Å²) in [4.78, 5) is 24.5. The molecule has 3 N–H and O–H groups in total. The Bertz CT molecular complexity index is 556. The predicted octanol–water partition coefficient (Wildman–Crippen LogP) is -0.969. The first kappa shape index (κ1) is 13.8. The third-order valence-corrected chi connectivity index (χ3v) is 3.39.